The van der Waals surface area contributed by atoms with E-state index in [-0.39, 0.29) is 0 Å². The Balaban J connectivity index is 2.37. The normalized spacial score (nSPS) is 11.1. The van der Waals surface area contributed by atoms with Crippen LogP contribution in [0.25, 0.3) is 22.2 Å². The number of benzene rings is 1. The van der Waals surface area contributed by atoms with Gasteiger partial charge in [-0.2, -0.15) is 0 Å². The summed E-state index contributed by atoms with van der Waals surface area (Å²) in [5, 5.41) is 1.16. The molecule has 0 radical (unpaired) electrons. The summed E-state index contributed by atoms with van der Waals surface area (Å²) in [6.07, 6.45) is 5.24. The Hall–Kier alpha value is -1.55. The molecule has 0 unspecified atom stereocenters. The molecule has 0 aliphatic carbocycles. The Bertz CT molecular complexity index is 640. The smallest absolute Gasteiger partial charge is 0.181 e. The highest BCUT2D eigenvalue weighted by Gasteiger charge is 2.11. The van der Waals surface area contributed by atoms with Gasteiger partial charge in [0.15, 0.2) is 12.2 Å². The molecule has 3 rings (SSSR count). The zero-order valence-electron chi connectivity index (χ0n) is 8.64. The van der Waals surface area contributed by atoms with Crippen LogP contribution in [0.5, 0.6) is 0 Å². The number of fused-ring (bicyclic) bond motifs is 1. The lowest BCUT2D eigenvalue weighted by Crippen LogP contribution is -1.82. The van der Waals surface area contributed by atoms with Crippen LogP contribution in [0.2, 0.25) is 0 Å². The SMILES string of the molecule is Cn1cc(-c2cnco2)c2cc(Br)ccc21. The Morgan fingerprint density at radius 1 is 1.38 bits per heavy atom. The van der Waals surface area contributed by atoms with Crippen LogP contribution in [0.4, 0.5) is 0 Å². The van der Waals surface area contributed by atoms with E-state index in [0.717, 1.165) is 21.2 Å². The molecule has 0 fully saturated rings. The predicted octanol–water partition coefficient (Wildman–Crippen LogP) is 3.60. The first-order chi connectivity index (χ1) is 7.75. The second kappa shape index (κ2) is 3.49. The Morgan fingerprint density at radius 3 is 3.00 bits per heavy atom. The number of aryl methyl sites for hydroxylation is 1. The van der Waals surface area contributed by atoms with Gasteiger partial charge in [0.1, 0.15) is 0 Å². The number of oxazole rings is 1. The van der Waals surface area contributed by atoms with Crippen molar-refractivity contribution in [1.82, 2.24) is 9.55 Å². The maximum absolute atomic E-state index is 5.34. The van der Waals surface area contributed by atoms with Crippen molar-refractivity contribution < 1.29 is 4.42 Å². The summed E-state index contributed by atoms with van der Waals surface area (Å²) < 4.78 is 8.49. The second-order valence-electron chi connectivity index (χ2n) is 3.68. The van der Waals surface area contributed by atoms with E-state index in [9.17, 15) is 0 Å². The van der Waals surface area contributed by atoms with Gasteiger partial charge in [0.25, 0.3) is 0 Å². The molecule has 0 bridgehead atoms. The zero-order chi connectivity index (χ0) is 11.1. The van der Waals surface area contributed by atoms with Gasteiger partial charge in [0.2, 0.25) is 0 Å². The van der Waals surface area contributed by atoms with E-state index in [1.165, 1.54) is 11.9 Å². The molecule has 16 heavy (non-hydrogen) atoms. The molecule has 4 heteroatoms. The van der Waals surface area contributed by atoms with Crippen LogP contribution < -0.4 is 0 Å². The molecule has 0 saturated heterocycles. The molecule has 2 aromatic heterocycles. The lowest BCUT2D eigenvalue weighted by Gasteiger charge is -1.96. The average molecular weight is 277 g/mol. The molecule has 0 aliphatic rings. The lowest BCUT2D eigenvalue weighted by molar-refractivity contribution is 0.572. The molecule has 0 spiro atoms. The van der Waals surface area contributed by atoms with Crippen LogP contribution in [-0.4, -0.2) is 9.55 Å². The Kier molecular flexibility index (Phi) is 2.11. The molecule has 0 N–H and O–H groups in total. The number of halogens is 1. The highest BCUT2D eigenvalue weighted by molar-refractivity contribution is 9.10. The number of aromatic nitrogens is 2. The summed E-state index contributed by atoms with van der Waals surface area (Å²) in [5.74, 6) is 0.795. The lowest BCUT2D eigenvalue weighted by atomic mass is 10.1. The topological polar surface area (TPSA) is 31.0 Å². The van der Waals surface area contributed by atoms with Gasteiger partial charge in [-0.3, -0.25) is 0 Å². The van der Waals surface area contributed by atoms with Crippen LogP contribution in [0, 0.1) is 0 Å². The second-order valence-corrected chi connectivity index (χ2v) is 4.60. The third kappa shape index (κ3) is 1.38. The summed E-state index contributed by atoms with van der Waals surface area (Å²) in [7, 11) is 2.02. The van der Waals surface area contributed by atoms with Gasteiger partial charge in [0, 0.05) is 34.2 Å². The van der Waals surface area contributed by atoms with E-state index in [2.05, 4.69) is 43.8 Å². The highest BCUT2D eigenvalue weighted by Crippen LogP contribution is 2.31. The van der Waals surface area contributed by atoms with Crippen molar-refractivity contribution in [2.45, 2.75) is 0 Å². The molecule has 0 atom stereocenters. The summed E-state index contributed by atoms with van der Waals surface area (Å²) >= 11 is 3.48. The zero-order valence-corrected chi connectivity index (χ0v) is 10.2. The van der Waals surface area contributed by atoms with E-state index in [4.69, 9.17) is 4.42 Å². The third-order valence-corrected chi connectivity index (χ3v) is 3.14. The first-order valence-electron chi connectivity index (χ1n) is 4.89. The molecule has 0 saturated carbocycles. The minimum atomic E-state index is 0.795. The molecule has 1 aromatic carbocycles. The molecular weight excluding hydrogens is 268 g/mol. The van der Waals surface area contributed by atoms with Crippen molar-refractivity contribution >= 4 is 26.8 Å². The number of nitrogens with zero attached hydrogens (tertiary/aromatic N) is 2. The molecule has 3 aromatic rings. The van der Waals surface area contributed by atoms with Gasteiger partial charge >= 0.3 is 0 Å². The highest BCUT2D eigenvalue weighted by atomic mass is 79.9. The third-order valence-electron chi connectivity index (χ3n) is 2.65. The van der Waals surface area contributed by atoms with Gasteiger partial charge < -0.3 is 8.98 Å². The first-order valence-corrected chi connectivity index (χ1v) is 5.68. The molecule has 2 heterocycles. The van der Waals surface area contributed by atoms with Crippen molar-refractivity contribution in [1.29, 1.82) is 0 Å². The van der Waals surface area contributed by atoms with Crippen LogP contribution in [-0.2, 0) is 7.05 Å². The minimum absolute atomic E-state index is 0.795. The summed E-state index contributed by atoms with van der Waals surface area (Å²) in [4.78, 5) is 3.95. The largest absolute Gasteiger partial charge is 0.443 e. The van der Waals surface area contributed by atoms with E-state index in [0.29, 0.717) is 0 Å². The maximum Gasteiger partial charge on any atom is 0.181 e. The van der Waals surface area contributed by atoms with E-state index < -0.39 is 0 Å². The van der Waals surface area contributed by atoms with Crippen LogP contribution in [0.15, 0.2) is 45.9 Å². The van der Waals surface area contributed by atoms with Crippen LogP contribution in [0.3, 0.4) is 0 Å². The van der Waals surface area contributed by atoms with Crippen molar-refractivity contribution in [3.05, 3.63) is 41.5 Å². The molecule has 0 aliphatic heterocycles. The van der Waals surface area contributed by atoms with Crippen molar-refractivity contribution in [3.63, 3.8) is 0 Å². The van der Waals surface area contributed by atoms with Gasteiger partial charge in [-0.05, 0) is 18.2 Å². The van der Waals surface area contributed by atoms with E-state index in [1.54, 1.807) is 6.20 Å². The average Bonchev–Trinajstić information content (AvgIpc) is 2.86. The van der Waals surface area contributed by atoms with E-state index in [1.807, 2.05) is 13.1 Å². The fourth-order valence-corrected chi connectivity index (χ4v) is 2.27. The van der Waals surface area contributed by atoms with Gasteiger partial charge in [-0.15, -0.1) is 0 Å². The number of rotatable bonds is 1. The van der Waals surface area contributed by atoms with Crippen molar-refractivity contribution in [2.75, 3.05) is 0 Å². The summed E-state index contributed by atoms with van der Waals surface area (Å²) in [5.41, 5.74) is 2.24. The molecule has 0 amide bonds. The minimum Gasteiger partial charge on any atom is -0.443 e. The summed E-state index contributed by atoms with van der Waals surface area (Å²) in [6.45, 7) is 0. The Labute approximate surface area is 101 Å². The van der Waals surface area contributed by atoms with E-state index >= 15 is 0 Å². The molecule has 3 nitrogen and oxygen atoms in total. The first kappa shape index (κ1) is 9.66. The fourth-order valence-electron chi connectivity index (χ4n) is 1.91. The predicted molar refractivity (Wildman–Crippen MR) is 66.1 cm³/mol. The molecule has 80 valence electrons. The van der Waals surface area contributed by atoms with Crippen LogP contribution in [0.1, 0.15) is 0 Å². The Morgan fingerprint density at radius 2 is 2.25 bits per heavy atom. The number of hydrogen-bond donors (Lipinski definition) is 0. The van der Waals surface area contributed by atoms with Gasteiger partial charge in [0.05, 0.1) is 6.20 Å². The fraction of sp³-hybridized carbons (Fsp3) is 0.0833. The number of hydrogen-bond acceptors (Lipinski definition) is 2. The molecular formula is C12H9BrN2O. The maximum atomic E-state index is 5.34. The standard InChI is InChI=1S/C12H9BrN2O/c1-15-6-10(12-5-14-7-16-12)9-4-8(13)2-3-11(9)15/h2-7H,1H3. The van der Waals surface area contributed by atoms with Crippen LogP contribution >= 0.6 is 15.9 Å². The summed E-state index contributed by atoms with van der Waals surface area (Å²) in [6, 6.07) is 6.21. The quantitative estimate of drug-likeness (QED) is 0.680. The van der Waals surface area contributed by atoms with Crippen molar-refractivity contribution in [2.24, 2.45) is 7.05 Å². The van der Waals surface area contributed by atoms with Crippen molar-refractivity contribution in [3.8, 4) is 11.3 Å². The van der Waals surface area contributed by atoms with Gasteiger partial charge in [-0.1, -0.05) is 15.9 Å². The monoisotopic (exact) mass is 276 g/mol. The van der Waals surface area contributed by atoms with Gasteiger partial charge in [-0.25, -0.2) is 4.98 Å².